The van der Waals surface area contributed by atoms with Gasteiger partial charge in [0.05, 0.1) is 16.4 Å². The molecule has 0 spiro atoms. The van der Waals surface area contributed by atoms with Crippen LogP contribution in [0.15, 0.2) is 47.4 Å². The van der Waals surface area contributed by atoms with Gasteiger partial charge in [-0.3, -0.25) is 14.9 Å². The summed E-state index contributed by atoms with van der Waals surface area (Å²) in [5.41, 5.74) is 2.10. The maximum atomic E-state index is 12.2. The summed E-state index contributed by atoms with van der Waals surface area (Å²) in [7, 11) is -3.78. The first-order valence-corrected chi connectivity index (χ1v) is 10.00. The second kappa shape index (κ2) is 9.29. The Bertz CT molecular complexity index is 976. The number of aryl methyl sites for hydroxylation is 2. The van der Waals surface area contributed by atoms with Gasteiger partial charge in [-0.25, -0.2) is 13.1 Å². The molecule has 0 unspecified atom stereocenters. The Labute approximate surface area is 163 Å². The van der Waals surface area contributed by atoms with Crippen LogP contribution in [0.2, 0.25) is 0 Å². The Balaban J connectivity index is 1.80. The van der Waals surface area contributed by atoms with Crippen LogP contribution < -0.4 is 15.4 Å². The summed E-state index contributed by atoms with van der Waals surface area (Å²) in [5.74, 6) is -0.503. The lowest BCUT2D eigenvalue weighted by Gasteiger charge is -2.10. The van der Waals surface area contributed by atoms with E-state index in [1.165, 1.54) is 12.1 Å². The topological polar surface area (TPSA) is 130 Å². The molecule has 0 heterocycles. The van der Waals surface area contributed by atoms with Crippen molar-refractivity contribution in [3.63, 3.8) is 0 Å². The Morgan fingerprint density at radius 3 is 2.46 bits per heavy atom. The van der Waals surface area contributed by atoms with E-state index in [4.69, 9.17) is 0 Å². The molecule has 0 radical (unpaired) electrons. The van der Waals surface area contributed by atoms with Crippen molar-refractivity contribution >= 4 is 27.3 Å². The predicted molar refractivity (Wildman–Crippen MR) is 106 cm³/mol. The molecular formula is C18H22N4O5S. The highest BCUT2D eigenvalue weighted by Crippen LogP contribution is 2.22. The summed E-state index contributed by atoms with van der Waals surface area (Å²) in [6, 6.07) is 10.9. The van der Waals surface area contributed by atoms with Gasteiger partial charge < -0.3 is 10.6 Å². The largest absolute Gasteiger partial charge is 0.378 e. The van der Waals surface area contributed by atoms with Crippen molar-refractivity contribution in [3.05, 3.63) is 63.7 Å². The number of sulfonamides is 1. The molecule has 0 saturated heterocycles. The highest BCUT2D eigenvalue weighted by molar-refractivity contribution is 7.89. The number of amides is 1. The van der Waals surface area contributed by atoms with Gasteiger partial charge in [0.2, 0.25) is 15.9 Å². The Morgan fingerprint density at radius 2 is 1.79 bits per heavy atom. The summed E-state index contributed by atoms with van der Waals surface area (Å²) in [6.45, 7) is 3.72. The first-order chi connectivity index (χ1) is 13.2. The minimum absolute atomic E-state index is 0.0602. The first-order valence-electron chi connectivity index (χ1n) is 8.51. The second-order valence-corrected chi connectivity index (χ2v) is 7.89. The van der Waals surface area contributed by atoms with Crippen molar-refractivity contribution in [1.29, 1.82) is 0 Å². The number of anilines is 1. The summed E-state index contributed by atoms with van der Waals surface area (Å²) in [4.78, 5) is 22.4. The van der Waals surface area contributed by atoms with E-state index < -0.39 is 27.4 Å². The fourth-order valence-corrected chi connectivity index (χ4v) is 3.44. The fourth-order valence-electron chi connectivity index (χ4n) is 2.37. The summed E-state index contributed by atoms with van der Waals surface area (Å²) in [5, 5.41) is 16.3. The molecule has 0 aliphatic rings. The molecular weight excluding hydrogens is 384 g/mol. The number of nitro groups is 1. The zero-order valence-electron chi connectivity index (χ0n) is 15.6. The molecule has 2 aromatic carbocycles. The minimum Gasteiger partial charge on any atom is -0.378 e. The van der Waals surface area contributed by atoms with E-state index in [0.29, 0.717) is 5.69 Å². The fraction of sp³-hybridized carbons (Fsp3) is 0.278. The summed E-state index contributed by atoms with van der Waals surface area (Å²) >= 11 is 0. The normalized spacial score (nSPS) is 11.1. The van der Waals surface area contributed by atoms with Crippen LogP contribution >= 0.6 is 0 Å². The van der Waals surface area contributed by atoms with E-state index >= 15 is 0 Å². The summed E-state index contributed by atoms with van der Waals surface area (Å²) in [6.07, 6.45) is 0. The molecule has 0 fully saturated rings. The molecule has 0 bridgehead atoms. The van der Waals surface area contributed by atoms with Gasteiger partial charge in [0.1, 0.15) is 5.69 Å². The van der Waals surface area contributed by atoms with Crippen LogP contribution in [0.5, 0.6) is 0 Å². The molecule has 0 atom stereocenters. The van der Waals surface area contributed by atoms with Crippen LogP contribution in [0.3, 0.4) is 0 Å². The maximum Gasteiger partial charge on any atom is 0.292 e. The van der Waals surface area contributed by atoms with Gasteiger partial charge >= 0.3 is 0 Å². The molecule has 0 aromatic heterocycles. The third-order valence-electron chi connectivity index (χ3n) is 4.07. The van der Waals surface area contributed by atoms with Gasteiger partial charge in [0, 0.05) is 19.2 Å². The molecule has 0 saturated carbocycles. The molecule has 3 N–H and O–H groups in total. The Hall–Kier alpha value is -2.98. The molecule has 2 aromatic rings. The highest BCUT2D eigenvalue weighted by atomic mass is 32.2. The van der Waals surface area contributed by atoms with E-state index in [1.807, 2.05) is 13.8 Å². The van der Waals surface area contributed by atoms with Crippen molar-refractivity contribution in [3.8, 4) is 0 Å². The number of hydrogen-bond acceptors (Lipinski definition) is 6. The number of hydrogen-bond donors (Lipinski definition) is 3. The number of rotatable bonds is 9. The second-order valence-electron chi connectivity index (χ2n) is 6.12. The number of carbonyl (C=O) groups excluding carboxylic acids is 1. The minimum atomic E-state index is -3.78. The molecule has 0 aliphatic heterocycles. The maximum absolute atomic E-state index is 12.2. The standard InChI is InChI=1S/C18H22N4O5S/c1-13-7-8-15(11-14(13)2)28(26,27)21-12-18(23)20-10-9-19-16-5-3-4-6-17(16)22(24)25/h3-8,11,19,21H,9-10,12H2,1-2H3,(H,20,23). The molecule has 9 nitrogen and oxygen atoms in total. The number of nitro benzene ring substituents is 1. The van der Waals surface area contributed by atoms with Gasteiger partial charge in [-0.1, -0.05) is 18.2 Å². The van der Waals surface area contributed by atoms with E-state index in [-0.39, 0.29) is 23.7 Å². The van der Waals surface area contributed by atoms with Gasteiger partial charge in [0.15, 0.2) is 0 Å². The van der Waals surface area contributed by atoms with Crippen molar-refractivity contribution in [2.75, 3.05) is 25.0 Å². The first kappa shape index (κ1) is 21.3. The van der Waals surface area contributed by atoms with E-state index in [2.05, 4.69) is 15.4 Å². The van der Waals surface area contributed by atoms with Crippen molar-refractivity contribution in [1.82, 2.24) is 10.0 Å². The van der Waals surface area contributed by atoms with Gasteiger partial charge in [0.25, 0.3) is 5.69 Å². The van der Waals surface area contributed by atoms with Crippen LogP contribution in [-0.2, 0) is 14.8 Å². The third-order valence-corrected chi connectivity index (χ3v) is 5.47. The van der Waals surface area contributed by atoms with Gasteiger partial charge in [-0.2, -0.15) is 0 Å². The van der Waals surface area contributed by atoms with Crippen molar-refractivity contribution in [2.45, 2.75) is 18.7 Å². The van der Waals surface area contributed by atoms with Crippen LogP contribution in [0.1, 0.15) is 11.1 Å². The molecule has 2 rings (SSSR count). The lowest BCUT2D eigenvalue weighted by Crippen LogP contribution is -2.38. The monoisotopic (exact) mass is 406 g/mol. The molecule has 28 heavy (non-hydrogen) atoms. The van der Waals surface area contributed by atoms with Gasteiger partial charge in [-0.05, 0) is 43.2 Å². The lowest BCUT2D eigenvalue weighted by molar-refractivity contribution is -0.384. The summed E-state index contributed by atoms with van der Waals surface area (Å²) < 4.78 is 26.8. The zero-order chi connectivity index (χ0) is 20.7. The Morgan fingerprint density at radius 1 is 1.07 bits per heavy atom. The van der Waals surface area contributed by atoms with E-state index in [0.717, 1.165) is 11.1 Å². The Kier molecular flexibility index (Phi) is 7.07. The average Bonchev–Trinajstić information content (AvgIpc) is 2.66. The number of benzene rings is 2. The molecule has 0 aliphatic carbocycles. The quantitative estimate of drug-likeness (QED) is 0.330. The molecule has 150 valence electrons. The zero-order valence-corrected chi connectivity index (χ0v) is 16.4. The van der Waals surface area contributed by atoms with Crippen LogP contribution in [0.4, 0.5) is 11.4 Å². The number of carbonyl (C=O) groups is 1. The number of nitrogens with one attached hydrogen (secondary N) is 3. The number of para-hydroxylation sites is 2. The highest BCUT2D eigenvalue weighted by Gasteiger charge is 2.16. The molecule has 10 heteroatoms. The smallest absolute Gasteiger partial charge is 0.292 e. The SMILES string of the molecule is Cc1ccc(S(=O)(=O)NCC(=O)NCCNc2ccccc2[N+](=O)[O-])cc1C. The third kappa shape index (κ3) is 5.76. The lowest BCUT2D eigenvalue weighted by atomic mass is 10.1. The molecule has 1 amide bonds. The van der Waals surface area contributed by atoms with Crippen LogP contribution in [0.25, 0.3) is 0 Å². The van der Waals surface area contributed by atoms with Crippen molar-refractivity contribution in [2.24, 2.45) is 0 Å². The number of nitrogens with zero attached hydrogens (tertiary/aromatic N) is 1. The van der Waals surface area contributed by atoms with Crippen molar-refractivity contribution < 1.29 is 18.1 Å². The predicted octanol–water partition coefficient (Wildman–Crippen LogP) is 1.72. The van der Waals surface area contributed by atoms with E-state index in [1.54, 1.807) is 30.3 Å². The van der Waals surface area contributed by atoms with Crippen LogP contribution in [-0.4, -0.2) is 38.9 Å². The average molecular weight is 406 g/mol. The van der Waals surface area contributed by atoms with Crippen LogP contribution in [0, 0.1) is 24.0 Å². The van der Waals surface area contributed by atoms with Gasteiger partial charge in [-0.15, -0.1) is 0 Å². The van der Waals surface area contributed by atoms with E-state index in [9.17, 15) is 23.3 Å².